The van der Waals surface area contributed by atoms with Crippen LogP contribution in [-0.2, 0) is 22.5 Å². The van der Waals surface area contributed by atoms with E-state index in [0.717, 1.165) is 25.2 Å². The lowest BCUT2D eigenvalue weighted by atomic mass is 9.97. The van der Waals surface area contributed by atoms with Gasteiger partial charge in [0.1, 0.15) is 0 Å². The molecular formula is C15H22N2O2. The number of esters is 1. The Labute approximate surface area is 114 Å². The van der Waals surface area contributed by atoms with E-state index in [4.69, 9.17) is 10.5 Å². The van der Waals surface area contributed by atoms with Crippen molar-refractivity contribution in [1.82, 2.24) is 4.90 Å². The first-order valence-corrected chi connectivity index (χ1v) is 6.87. The molecule has 1 atom stereocenters. The molecule has 2 rings (SSSR count). The minimum atomic E-state index is -0.117. The van der Waals surface area contributed by atoms with Crippen molar-refractivity contribution in [2.45, 2.75) is 39.3 Å². The number of benzene rings is 1. The van der Waals surface area contributed by atoms with E-state index < -0.39 is 0 Å². The second-order valence-corrected chi connectivity index (χ2v) is 5.11. The van der Waals surface area contributed by atoms with Crippen molar-refractivity contribution in [3.8, 4) is 0 Å². The van der Waals surface area contributed by atoms with Crippen LogP contribution in [0.3, 0.4) is 0 Å². The molecule has 4 nitrogen and oxygen atoms in total. The van der Waals surface area contributed by atoms with Crippen molar-refractivity contribution in [2.75, 3.05) is 18.9 Å². The molecule has 0 fully saturated rings. The van der Waals surface area contributed by atoms with Crippen LogP contribution >= 0.6 is 0 Å². The molecule has 1 heterocycles. The van der Waals surface area contributed by atoms with Crippen LogP contribution in [0.25, 0.3) is 0 Å². The summed E-state index contributed by atoms with van der Waals surface area (Å²) in [5.74, 6) is -0.117. The van der Waals surface area contributed by atoms with Crippen LogP contribution in [0.2, 0.25) is 0 Å². The van der Waals surface area contributed by atoms with E-state index in [0.29, 0.717) is 13.0 Å². The fraction of sp³-hybridized carbons (Fsp3) is 0.533. The zero-order chi connectivity index (χ0) is 13.8. The zero-order valence-electron chi connectivity index (χ0n) is 11.7. The molecule has 0 saturated carbocycles. The van der Waals surface area contributed by atoms with Gasteiger partial charge in [-0.05, 0) is 43.5 Å². The minimum Gasteiger partial charge on any atom is -0.466 e. The third-order valence-corrected chi connectivity index (χ3v) is 3.66. The summed E-state index contributed by atoms with van der Waals surface area (Å²) in [5.41, 5.74) is 9.28. The van der Waals surface area contributed by atoms with Gasteiger partial charge in [0.25, 0.3) is 0 Å². The molecule has 1 aromatic rings. The number of carbonyl (C=O) groups is 1. The van der Waals surface area contributed by atoms with E-state index >= 15 is 0 Å². The van der Waals surface area contributed by atoms with Gasteiger partial charge in [0.2, 0.25) is 0 Å². The van der Waals surface area contributed by atoms with E-state index in [-0.39, 0.29) is 12.0 Å². The number of nitrogens with zero attached hydrogens (tertiary/aromatic N) is 1. The number of ether oxygens (including phenoxy) is 1. The molecule has 0 saturated heterocycles. The molecule has 0 radical (unpaired) electrons. The molecule has 0 aliphatic carbocycles. The zero-order valence-corrected chi connectivity index (χ0v) is 11.7. The predicted molar refractivity (Wildman–Crippen MR) is 75.7 cm³/mol. The van der Waals surface area contributed by atoms with Gasteiger partial charge in [-0.2, -0.15) is 0 Å². The normalized spacial score (nSPS) is 16.7. The molecule has 0 amide bonds. The number of anilines is 1. The third-order valence-electron chi connectivity index (χ3n) is 3.66. The van der Waals surface area contributed by atoms with Gasteiger partial charge in [0.05, 0.1) is 13.0 Å². The largest absolute Gasteiger partial charge is 0.466 e. The highest BCUT2D eigenvalue weighted by Crippen LogP contribution is 2.23. The summed E-state index contributed by atoms with van der Waals surface area (Å²) in [6.07, 6.45) is 1.47. The summed E-state index contributed by atoms with van der Waals surface area (Å²) in [4.78, 5) is 13.8. The average Bonchev–Trinajstić information content (AvgIpc) is 2.38. The van der Waals surface area contributed by atoms with E-state index in [1.807, 2.05) is 19.1 Å². The van der Waals surface area contributed by atoms with Gasteiger partial charge in [0.15, 0.2) is 0 Å². The second-order valence-electron chi connectivity index (χ2n) is 5.11. The molecule has 19 heavy (non-hydrogen) atoms. The van der Waals surface area contributed by atoms with Crippen molar-refractivity contribution in [3.63, 3.8) is 0 Å². The Balaban J connectivity index is 1.99. The fourth-order valence-corrected chi connectivity index (χ4v) is 2.57. The van der Waals surface area contributed by atoms with Crippen LogP contribution in [0.15, 0.2) is 18.2 Å². The highest BCUT2D eigenvalue weighted by Gasteiger charge is 2.22. The Morgan fingerprint density at radius 3 is 3.00 bits per heavy atom. The van der Waals surface area contributed by atoms with Gasteiger partial charge in [0, 0.05) is 24.8 Å². The third kappa shape index (κ3) is 3.47. The Hall–Kier alpha value is -1.55. The predicted octanol–water partition coefficient (Wildman–Crippen LogP) is 1.97. The maximum Gasteiger partial charge on any atom is 0.307 e. The van der Waals surface area contributed by atoms with E-state index in [1.165, 1.54) is 11.1 Å². The summed E-state index contributed by atoms with van der Waals surface area (Å²) in [6, 6.07) is 6.31. The van der Waals surface area contributed by atoms with Crippen LogP contribution in [0.5, 0.6) is 0 Å². The Kier molecular flexibility index (Phi) is 4.43. The summed E-state index contributed by atoms with van der Waals surface area (Å²) in [7, 11) is 0. The maximum absolute atomic E-state index is 11.5. The van der Waals surface area contributed by atoms with Crippen molar-refractivity contribution in [3.05, 3.63) is 29.3 Å². The molecule has 104 valence electrons. The Morgan fingerprint density at radius 1 is 1.47 bits per heavy atom. The lowest BCUT2D eigenvalue weighted by Gasteiger charge is -2.33. The standard InChI is InChI=1S/C15H22N2O2/c1-3-19-15(18)8-11(2)17-7-6-12-4-5-14(16)9-13(12)10-17/h4-5,9,11H,3,6-8,10,16H2,1-2H3. The number of hydrogen-bond donors (Lipinski definition) is 1. The monoisotopic (exact) mass is 262 g/mol. The molecule has 1 aliphatic heterocycles. The first kappa shape index (κ1) is 13.9. The second kappa shape index (κ2) is 6.06. The number of hydrogen-bond acceptors (Lipinski definition) is 4. The minimum absolute atomic E-state index is 0.117. The quantitative estimate of drug-likeness (QED) is 0.666. The Morgan fingerprint density at radius 2 is 2.26 bits per heavy atom. The SMILES string of the molecule is CCOC(=O)CC(C)N1CCc2ccc(N)cc2C1. The van der Waals surface area contributed by atoms with Gasteiger partial charge in [-0.1, -0.05) is 6.07 Å². The molecule has 1 aliphatic rings. The first-order valence-electron chi connectivity index (χ1n) is 6.87. The molecular weight excluding hydrogens is 240 g/mol. The van der Waals surface area contributed by atoms with Gasteiger partial charge < -0.3 is 10.5 Å². The van der Waals surface area contributed by atoms with Crippen LogP contribution in [0.1, 0.15) is 31.4 Å². The lowest BCUT2D eigenvalue weighted by molar-refractivity contribution is -0.144. The lowest BCUT2D eigenvalue weighted by Crippen LogP contribution is -2.39. The van der Waals surface area contributed by atoms with Crippen molar-refractivity contribution in [1.29, 1.82) is 0 Å². The maximum atomic E-state index is 11.5. The van der Waals surface area contributed by atoms with Crippen molar-refractivity contribution in [2.24, 2.45) is 0 Å². The van der Waals surface area contributed by atoms with Crippen LogP contribution in [-0.4, -0.2) is 30.1 Å². The average molecular weight is 262 g/mol. The van der Waals surface area contributed by atoms with Gasteiger partial charge in [-0.3, -0.25) is 9.69 Å². The van der Waals surface area contributed by atoms with Crippen LogP contribution in [0, 0.1) is 0 Å². The highest BCUT2D eigenvalue weighted by atomic mass is 16.5. The van der Waals surface area contributed by atoms with Crippen LogP contribution < -0.4 is 5.73 Å². The van der Waals surface area contributed by atoms with Gasteiger partial charge in [-0.15, -0.1) is 0 Å². The van der Waals surface area contributed by atoms with E-state index in [2.05, 4.69) is 17.9 Å². The van der Waals surface area contributed by atoms with Gasteiger partial charge in [-0.25, -0.2) is 0 Å². The first-order chi connectivity index (χ1) is 9.10. The number of nitrogens with two attached hydrogens (primary N) is 1. The molecule has 2 N–H and O–H groups in total. The highest BCUT2D eigenvalue weighted by molar-refractivity contribution is 5.70. The Bertz CT molecular complexity index is 459. The van der Waals surface area contributed by atoms with E-state index in [9.17, 15) is 4.79 Å². The van der Waals surface area contributed by atoms with Gasteiger partial charge >= 0.3 is 5.97 Å². The van der Waals surface area contributed by atoms with E-state index in [1.54, 1.807) is 0 Å². The molecule has 1 aromatic carbocycles. The molecule has 0 spiro atoms. The summed E-state index contributed by atoms with van der Waals surface area (Å²) >= 11 is 0. The molecule has 0 aromatic heterocycles. The number of nitrogen functional groups attached to an aromatic ring is 1. The smallest absolute Gasteiger partial charge is 0.307 e. The van der Waals surface area contributed by atoms with Crippen molar-refractivity contribution < 1.29 is 9.53 Å². The summed E-state index contributed by atoms with van der Waals surface area (Å²) in [6.45, 7) is 6.21. The number of rotatable bonds is 4. The van der Waals surface area contributed by atoms with Crippen molar-refractivity contribution >= 4 is 11.7 Å². The molecule has 1 unspecified atom stereocenters. The fourth-order valence-electron chi connectivity index (χ4n) is 2.57. The topological polar surface area (TPSA) is 55.6 Å². The molecule has 4 heteroatoms. The number of carbonyl (C=O) groups excluding carboxylic acids is 1. The molecule has 0 bridgehead atoms. The summed E-state index contributed by atoms with van der Waals surface area (Å²) < 4.78 is 5.01. The van der Waals surface area contributed by atoms with Crippen LogP contribution in [0.4, 0.5) is 5.69 Å². The number of fused-ring (bicyclic) bond motifs is 1. The summed E-state index contributed by atoms with van der Waals surface area (Å²) in [5, 5.41) is 0.